The normalized spacial score (nSPS) is 15.1. The standard InChI is InChI=1S/C16H24F2O.C13H18N4O2.C4H8O/c1-4-6-14(9-7-12(3)5-2)19-16-10-8-13(17)11-15(16)18;1-7-12(14)17-8-5-9(15-6-10(8)16-7)11(19-4)13(2,3)18;1-2-4-5-3-1/h8,10-12,14H,4-7,9H2,1-3H3;5-6,11,18H,1-4H3,(H2,14,17);1-4H2/t12-,14?;;/m1../s1. The number of methoxy groups -OCH3 is 1. The number of halogens is 2. The lowest BCUT2D eigenvalue weighted by molar-refractivity contribution is -0.0740. The van der Waals surface area contributed by atoms with Gasteiger partial charge in [-0.1, -0.05) is 33.6 Å². The van der Waals surface area contributed by atoms with Crippen LogP contribution in [-0.2, 0) is 9.47 Å². The number of pyridine rings is 1. The number of fused-ring (bicyclic) bond motifs is 1. The first-order chi connectivity index (χ1) is 20.4. The third-order valence-electron chi connectivity index (χ3n) is 7.23. The third kappa shape index (κ3) is 12.3. The summed E-state index contributed by atoms with van der Waals surface area (Å²) < 4.78 is 42.3. The van der Waals surface area contributed by atoms with E-state index in [-0.39, 0.29) is 11.9 Å². The second-order valence-corrected chi connectivity index (χ2v) is 11.6. The molecule has 0 saturated carbocycles. The summed E-state index contributed by atoms with van der Waals surface area (Å²) in [5.41, 5.74) is 7.29. The molecule has 2 unspecified atom stereocenters. The number of anilines is 1. The van der Waals surface area contributed by atoms with Crippen molar-refractivity contribution in [2.75, 3.05) is 26.1 Å². The van der Waals surface area contributed by atoms with Gasteiger partial charge < -0.3 is 25.1 Å². The number of nitrogen functional groups attached to an aromatic ring is 1. The molecule has 8 nitrogen and oxygen atoms in total. The highest BCUT2D eigenvalue weighted by atomic mass is 19.1. The van der Waals surface area contributed by atoms with Crippen molar-refractivity contribution in [1.82, 2.24) is 15.0 Å². The van der Waals surface area contributed by atoms with Gasteiger partial charge >= 0.3 is 0 Å². The summed E-state index contributed by atoms with van der Waals surface area (Å²) >= 11 is 0. The van der Waals surface area contributed by atoms with Crippen LogP contribution in [0.5, 0.6) is 5.75 Å². The molecular weight excluding hydrogens is 554 g/mol. The van der Waals surface area contributed by atoms with E-state index in [1.165, 1.54) is 32.1 Å². The van der Waals surface area contributed by atoms with Gasteiger partial charge in [0.15, 0.2) is 11.6 Å². The fourth-order valence-corrected chi connectivity index (χ4v) is 4.51. The monoisotopic (exact) mass is 604 g/mol. The lowest BCUT2D eigenvalue weighted by atomic mass is 9.98. The number of rotatable bonds is 11. The predicted molar refractivity (Wildman–Crippen MR) is 167 cm³/mol. The van der Waals surface area contributed by atoms with Crippen molar-refractivity contribution in [2.24, 2.45) is 5.92 Å². The van der Waals surface area contributed by atoms with E-state index in [1.54, 1.807) is 33.0 Å². The van der Waals surface area contributed by atoms with E-state index >= 15 is 0 Å². The molecule has 4 rings (SSSR count). The van der Waals surface area contributed by atoms with Gasteiger partial charge in [0.25, 0.3) is 0 Å². The molecule has 2 aromatic heterocycles. The molecule has 1 aliphatic rings. The maximum absolute atomic E-state index is 13.6. The molecule has 1 aliphatic heterocycles. The van der Waals surface area contributed by atoms with E-state index < -0.39 is 23.3 Å². The summed E-state index contributed by atoms with van der Waals surface area (Å²) in [7, 11) is 1.53. The first-order valence-corrected chi connectivity index (χ1v) is 15.2. The number of nitrogens with zero attached hydrogens (tertiary/aromatic N) is 3. The molecule has 1 fully saturated rings. The maximum Gasteiger partial charge on any atom is 0.167 e. The molecule has 0 spiro atoms. The molecule has 240 valence electrons. The minimum atomic E-state index is -1.04. The molecular formula is C33H50F2N4O4. The van der Waals surface area contributed by atoms with Gasteiger partial charge in [-0.05, 0) is 77.0 Å². The van der Waals surface area contributed by atoms with E-state index in [1.807, 2.05) is 0 Å². The molecule has 0 aliphatic carbocycles. The van der Waals surface area contributed by atoms with Gasteiger partial charge in [-0.2, -0.15) is 0 Å². The fourth-order valence-electron chi connectivity index (χ4n) is 4.51. The van der Waals surface area contributed by atoms with Crippen LogP contribution < -0.4 is 10.5 Å². The average molecular weight is 605 g/mol. The zero-order valence-electron chi connectivity index (χ0n) is 26.8. The highest BCUT2D eigenvalue weighted by molar-refractivity contribution is 5.75. The Morgan fingerprint density at radius 2 is 1.74 bits per heavy atom. The molecule has 0 radical (unpaired) electrons. The molecule has 1 saturated heterocycles. The van der Waals surface area contributed by atoms with Gasteiger partial charge in [0.2, 0.25) is 0 Å². The van der Waals surface area contributed by atoms with Crippen molar-refractivity contribution < 1.29 is 28.1 Å². The molecule has 3 aromatic rings. The summed E-state index contributed by atoms with van der Waals surface area (Å²) in [5, 5.41) is 10.1. The smallest absolute Gasteiger partial charge is 0.167 e. The average Bonchev–Trinajstić information content (AvgIpc) is 3.54. The molecule has 3 N–H and O–H groups in total. The van der Waals surface area contributed by atoms with Gasteiger partial charge in [0.05, 0.1) is 34.8 Å². The number of ether oxygens (including phenoxy) is 3. The van der Waals surface area contributed by atoms with Crippen molar-refractivity contribution in [3.8, 4) is 5.75 Å². The van der Waals surface area contributed by atoms with Crippen LogP contribution in [-0.4, -0.2) is 52.1 Å². The number of aliphatic hydroxyl groups is 1. The van der Waals surface area contributed by atoms with Crippen LogP contribution in [0.3, 0.4) is 0 Å². The Hall–Kier alpha value is -2.95. The van der Waals surface area contributed by atoms with Gasteiger partial charge in [-0.25, -0.2) is 18.7 Å². The second-order valence-electron chi connectivity index (χ2n) is 11.6. The number of hydrogen-bond donors (Lipinski definition) is 2. The zero-order valence-corrected chi connectivity index (χ0v) is 26.8. The Morgan fingerprint density at radius 1 is 1.05 bits per heavy atom. The summed E-state index contributed by atoms with van der Waals surface area (Å²) in [6.07, 6.45) is 8.66. The summed E-state index contributed by atoms with van der Waals surface area (Å²) in [6, 6.07) is 5.21. The molecule has 0 amide bonds. The first kappa shape index (κ1) is 36.2. The van der Waals surface area contributed by atoms with Crippen molar-refractivity contribution >= 4 is 16.9 Å². The minimum Gasteiger partial charge on any atom is -0.487 e. The Labute approximate surface area is 255 Å². The fraction of sp³-hybridized carbons (Fsp3) is 0.606. The Bertz CT molecular complexity index is 1240. The van der Waals surface area contributed by atoms with Crippen molar-refractivity contribution in [1.29, 1.82) is 0 Å². The molecule has 3 atom stereocenters. The van der Waals surface area contributed by atoms with E-state index in [0.717, 1.165) is 51.4 Å². The van der Waals surface area contributed by atoms with E-state index in [2.05, 4.69) is 35.7 Å². The number of aromatic nitrogens is 3. The predicted octanol–water partition coefficient (Wildman–Crippen LogP) is 7.51. The topological polar surface area (TPSA) is 113 Å². The van der Waals surface area contributed by atoms with Crippen LogP contribution >= 0.6 is 0 Å². The van der Waals surface area contributed by atoms with Crippen molar-refractivity contribution in [2.45, 2.75) is 104 Å². The van der Waals surface area contributed by atoms with Crippen molar-refractivity contribution in [3.63, 3.8) is 0 Å². The largest absolute Gasteiger partial charge is 0.487 e. The van der Waals surface area contributed by atoms with Crippen LogP contribution in [0.4, 0.5) is 14.6 Å². The van der Waals surface area contributed by atoms with Gasteiger partial charge in [-0.15, -0.1) is 0 Å². The lowest BCUT2D eigenvalue weighted by Crippen LogP contribution is -2.30. The van der Waals surface area contributed by atoms with Gasteiger partial charge in [0, 0.05) is 26.4 Å². The van der Waals surface area contributed by atoms with Gasteiger partial charge in [-0.3, -0.25) is 4.98 Å². The highest BCUT2D eigenvalue weighted by Crippen LogP contribution is 2.29. The maximum atomic E-state index is 13.6. The molecule has 10 heteroatoms. The van der Waals surface area contributed by atoms with E-state index in [0.29, 0.717) is 34.2 Å². The Balaban J connectivity index is 0.000000258. The number of aryl methyl sites for hydroxylation is 1. The Morgan fingerprint density at radius 3 is 2.28 bits per heavy atom. The summed E-state index contributed by atoms with van der Waals surface area (Å²) in [5.74, 6) is 0.00744. The number of hydrogen-bond acceptors (Lipinski definition) is 8. The SMILES string of the molecule is C1CCOC1.CCCC(CC[C@H](C)CC)Oc1ccc(F)cc1F.COC(c1cc2nc(N)c(C)nc2cn1)C(C)(C)O. The quantitative estimate of drug-likeness (QED) is 0.231. The van der Waals surface area contributed by atoms with Gasteiger partial charge in [0.1, 0.15) is 23.3 Å². The van der Waals surface area contributed by atoms with E-state index in [4.69, 9.17) is 19.9 Å². The zero-order chi connectivity index (χ0) is 32.0. The molecule has 3 heterocycles. The lowest BCUT2D eigenvalue weighted by Gasteiger charge is -2.27. The van der Waals surface area contributed by atoms with Crippen LogP contribution in [0.25, 0.3) is 11.0 Å². The highest BCUT2D eigenvalue weighted by Gasteiger charge is 2.29. The van der Waals surface area contributed by atoms with Crippen LogP contribution in [0.1, 0.15) is 97.1 Å². The summed E-state index contributed by atoms with van der Waals surface area (Å²) in [4.78, 5) is 12.9. The second kappa shape index (κ2) is 18.0. The van der Waals surface area contributed by atoms with Crippen LogP contribution in [0, 0.1) is 24.5 Å². The first-order valence-electron chi connectivity index (χ1n) is 15.2. The number of benzene rings is 1. The minimum absolute atomic E-state index is 0.0129. The van der Waals surface area contributed by atoms with E-state index in [9.17, 15) is 13.9 Å². The number of nitrogens with two attached hydrogens (primary N) is 1. The third-order valence-corrected chi connectivity index (χ3v) is 7.23. The van der Waals surface area contributed by atoms with Crippen LogP contribution in [0.15, 0.2) is 30.5 Å². The van der Waals surface area contributed by atoms with Crippen molar-refractivity contribution in [3.05, 3.63) is 53.5 Å². The molecule has 43 heavy (non-hydrogen) atoms. The van der Waals surface area contributed by atoms with Crippen LogP contribution in [0.2, 0.25) is 0 Å². The molecule has 0 bridgehead atoms. The molecule has 1 aromatic carbocycles. The Kier molecular flexibility index (Phi) is 15.2. The summed E-state index contributed by atoms with van der Waals surface area (Å²) in [6.45, 7) is 13.6.